The van der Waals surface area contributed by atoms with Crippen LogP contribution in [0.25, 0.3) is 0 Å². The molecule has 0 aliphatic carbocycles. The first-order chi connectivity index (χ1) is 31.3. The summed E-state index contributed by atoms with van der Waals surface area (Å²) < 4.78 is 388. The van der Waals surface area contributed by atoms with Crippen molar-refractivity contribution in [1.29, 1.82) is 0 Å². The maximum absolute atomic E-state index is 14.1. The number of aliphatic carboxylic acids is 3. The van der Waals surface area contributed by atoms with E-state index in [0.717, 1.165) is 4.90 Å². The monoisotopic (exact) mass is 1120 g/mol. The molecule has 0 bridgehead atoms. The summed E-state index contributed by atoms with van der Waals surface area (Å²) in [6.45, 7) is -27.2. The van der Waals surface area contributed by atoms with Crippen LogP contribution in [-0.4, -0.2) is 224 Å². The molecule has 420 valence electrons. The van der Waals surface area contributed by atoms with E-state index in [1.807, 2.05) is 0 Å². The molecular formula is C31H33F27N4O9. The summed E-state index contributed by atoms with van der Waals surface area (Å²) in [4.78, 5) is 36.5. The number of alkyl halides is 27. The third-order valence-corrected chi connectivity index (χ3v) is 9.94. The first-order valence-corrected chi connectivity index (χ1v) is 18.4. The molecule has 0 aromatic rings. The van der Waals surface area contributed by atoms with Crippen molar-refractivity contribution in [1.82, 2.24) is 19.6 Å². The van der Waals surface area contributed by atoms with Crippen LogP contribution in [0, 0.1) is 5.41 Å². The molecule has 71 heavy (non-hydrogen) atoms. The summed E-state index contributed by atoms with van der Waals surface area (Å²) in [6.07, 6.45) is -73.5. The molecule has 1 fully saturated rings. The Balaban J connectivity index is 4.76. The van der Waals surface area contributed by atoms with Gasteiger partial charge in [0, 0.05) is 58.9 Å². The Kier molecular flexibility index (Phi) is 20.2. The van der Waals surface area contributed by atoms with Crippen LogP contribution < -0.4 is 0 Å². The van der Waals surface area contributed by atoms with Gasteiger partial charge in [0.2, 0.25) is 0 Å². The highest BCUT2D eigenvalue weighted by molar-refractivity contribution is 5.70. The molecule has 3 N–H and O–H groups in total. The van der Waals surface area contributed by atoms with Gasteiger partial charge < -0.3 is 29.5 Å². The largest absolute Gasteiger partial charge is 0.480 e. The molecule has 1 heterocycles. The Bertz CT molecular complexity index is 1500. The van der Waals surface area contributed by atoms with Gasteiger partial charge in [-0.1, -0.05) is 0 Å². The van der Waals surface area contributed by atoms with Gasteiger partial charge in [0.25, 0.3) is 0 Å². The van der Waals surface area contributed by atoms with Crippen LogP contribution in [0.5, 0.6) is 0 Å². The maximum atomic E-state index is 14.1. The molecule has 1 rings (SSSR count). The van der Waals surface area contributed by atoms with E-state index < -0.39 is 194 Å². The minimum Gasteiger partial charge on any atom is -0.480 e. The SMILES string of the molecule is O=C(O)CN1CCN(CC(=O)O)CCN(CC(COC(C(F)(F)F)(C(F)(F)F)C(F)(F)F)(COC(C(F)(F)F)(C(F)(F)F)C(F)(F)F)COC(C(F)(F)F)(C(F)(F)F)C(F)(F)F)CCN(CC(=O)O)CC1. The van der Waals surface area contributed by atoms with Crippen molar-refractivity contribution in [2.75, 3.05) is 98.4 Å². The number of hydrogen-bond donors (Lipinski definition) is 3. The van der Waals surface area contributed by atoms with E-state index in [9.17, 15) is 148 Å². The minimum atomic E-state index is -8.17. The summed E-state index contributed by atoms with van der Waals surface area (Å²) in [6, 6.07) is 0. The Hall–Kier alpha value is -3.76. The van der Waals surface area contributed by atoms with Gasteiger partial charge in [0.05, 0.1) is 44.9 Å². The Morgan fingerprint density at radius 3 is 0.606 bits per heavy atom. The van der Waals surface area contributed by atoms with Gasteiger partial charge in [-0.2, -0.15) is 119 Å². The molecule has 1 aliphatic rings. The quantitative estimate of drug-likeness (QED) is 0.132. The normalized spacial score (nSPS) is 18.3. The molecule has 0 atom stereocenters. The van der Waals surface area contributed by atoms with Gasteiger partial charge in [0.1, 0.15) is 0 Å². The molecule has 0 aromatic carbocycles. The lowest BCUT2D eigenvalue weighted by atomic mass is 9.87. The number of carboxylic acid groups (broad SMARTS) is 3. The molecule has 13 nitrogen and oxygen atoms in total. The van der Waals surface area contributed by atoms with Crippen molar-refractivity contribution >= 4 is 17.9 Å². The molecule has 0 aromatic heterocycles. The van der Waals surface area contributed by atoms with E-state index in [4.69, 9.17) is 0 Å². The van der Waals surface area contributed by atoms with Crippen LogP contribution in [0.4, 0.5) is 119 Å². The summed E-state index contributed by atoms with van der Waals surface area (Å²) in [5, 5.41) is 28.0. The number of carboxylic acids is 3. The number of hydrogen-bond acceptors (Lipinski definition) is 10. The van der Waals surface area contributed by atoms with Crippen LogP contribution in [0.3, 0.4) is 0 Å². The second kappa shape index (κ2) is 22.0. The zero-order valence-electron chi connectivity index (χ0n) is 34.4. The predicted molar refractivity (Wildman–Crippen MR) is 172 cm³/mol. The average Bonchev–Trinajstić information content (AvgIpc) is 3.07. The van der Waals surface area contributed by atoms with Crippen molar-refractivity contribution in [3.63, 3.8) is 0 Å². The number of halogens is 27. The van der Waals surface area contributed by atoms with Crippen LogP contribution in [0.2, 0.25) is 0 Å². The van der Waals surface area contributed by atoms with Gasteiger partial charge in [0.15, 0.2) is 0 Å². The summed E-state index contributed by atoms with van der Waals surface area (Å²) >= 11 is 0. The fourth-order valence-electron chi connectivity index (χ4n) is 6.49. The predicted octanol–water partition coefficient (Wildman–Crippen LogP) is 6.78. The lowest BCUT2D eigenvalue weighted by molar-refractivity contribution is -0.474. The maximum Gasteiger partial charge on any atom is 0.435 e. The lowest BCUT2D eigenvalue weighted by Crippen LogP contribution is -2.71. The third kappa shape index (κ3) is 14.9. The second-order valence-electron chi connectivity index (χ2n) is 15.2. The molecule has 0 unspecified atom stereocenters. The minimum absolute atomic E-state index is 0.167. The molecule has 40 heteroatoms. The van der Waals surface area contributed by atoms with E-state index >= 15 is 0 Å². The van der Waals surface area contributed by atoms with Gasteiger partial charge in [-0.15, -0.1) is 0 Å². The summed E-state index contributed by atoms with van der Waals surface area (Å²) in [7, 11) is 0. The van der Waals surface area contributed by atoms with Gasteiger partial charge in [-0.05, 0) is 0 Å². The standard InChI is InChI=1S/C31H33F27N4O9/c32-23(33,34)20(24(35,36)37,25(38,39)40)69-13-19(14-70-21(26(41,42)43,27(44,45)46)28(47,48)49,15-71-22(29(50,51)52,30(53,54)55)31(56,57)58)12-62-7-5-60(10-17(65)66)3-1-59(9-16(63)64)2-4-61(6-8-62)11-18(67)68/h1-15H2,(H,63,64)(H,65,66)(H,67,68). The Morgan fingerprint density at radius 1 is 0.310 bits per heavy atom. The van der Waals surface area contributed by atoms with E-state index in [1.54, 1.807) is 0 Å². The molecule has 1 saturated heterocycles. The summed E-state index contributed by atoms with van der Waals surface area (Å²) in [5.41, 5.74) is -29.5. The zero-order valence-corrected chi connectivity index (χ0v) is 34.4. The Morgan fingerprint density at radius 2 is 0.465 bits per heavy atom. The molecule has 0 spiro atoms. The molecule has 0 amide bonds. The highest BCUT2D eigenvalue weighted by Gasteiger charge is 2.88. The van der Waals surface area contributed by atoms with Crippen molar-refractivity contribution in [3.05, 3.63) is 0 Å². The fraction of sp³-hybridized carbons (Fsp3) is 0.903. The average molecular weight is 1120 g/mol. The Labute approximate surface area is 376 Å². The molecule has 0 saturated carbocycles. The molecular weight excluding hydrogens is 1090 g/mol. The fourth-order valence-corrected chi connectivity index (χ4v) is 6.49. The van der Waals surface area contributed by atoms with E-state index in [2.05, 4.69) is 14.2 Å². The lowest BCUT2D eigenvalue weighted by Gasteiger charge is -2.47. The number of ether oxygens (including phenoxy) is 3. The zero-order chi connectivity index (χ0) is 56.3. The van der Waals surface area contributed by atoms with Crippen LogP contribution in [0.15, 0.2) is 0 Å². The molecule has 0 radical (unpaired) electrons. The van der Waals surface area contributed by atoms with E-state index in [0.29, 0.717) is 9.80 Å². The van der Waals surface area contributed by atoms with Crippen molar-refractivity contribution in [3.8, 4) is 0 Å². The van der Waals surface area contributed by atoms with Gasteiger partial charge in [-0.25, -0.2) is 0 Å². The van der Waals surface area contributed by atoms with Crippen molar-refractivity contribution in [2.24, 2.45) is 5.41 Å². The number of carbonyl (C=O) groups is 3. The van der Waals surface area contributed by atoms with Crippen LogP contribution >= 0.6 is 0 Å². The smallest absolute Gasteiger partial charge is 0.435 e. The first kappa shape index (κ1) is 65.3. The van der Waals surface area contributed by atoms with Crippen LogP contribution in [-0.2, 0) is 28.6 Å². The highest BCUT2D eigenvalue weighted by Crippen LogP contribution is 2.59. The topological polar surface area (TPSA) is 153 Å². The first-order valence-electron chi connectivity index (χ1n) is 18.4. The third-order valence-electron chi connectivity index (χ3n) is 9.94. The summed E-state index contributed by atoms with van der Waals surface area (Å²) in [5.74, 6) is -5.46. The van der Waals surface area contributed by atoms with Gasteiger partial charge in [-0.3, -0.25) is 34.0 Å². The molecule has 1 aliphatic heterocycles. The highest BCUT2D eigenvalue weighted by atomic mass is 19.5. The van der Waals surface area contributed by atoms with E-state index in [1.165, 1.54) is 0 Å². The van der Waals surface area contributed by atoms with Gasteiger partial charge >= 0.3 is 90.3 Å². The van der Waals surface area contributed by atoms with Crippen molar-refractivity contribution < 1.29 is 162 Å². The number of rotatable bonds is 17. The van der Waals surface area contributed by atoms with Crippen molar-refractivity contribution in [2.45, 2.75) is 72.4 Å². The number of nitrogens with zero attached hydrogens (tertiary/aromatic N) is 4. The van der Waals surface area contributed by atoms with E-state index in [-0.39, 0.29) is 4.90 Å². The van der Waals surface area contributed by atoms with Crippen LogP contribution in [0.1, 0.15) is 0 Å². The second-order valence-corrected chi connectivity index (χ2v) is 15.2.